The number of hydrogen-bond donors (Lipinski definition) is 2. The maximum Gasteiger partial charge on any atom is 0.343 e. The van der Waals surface area contributed by atoms with E-state index in [4.69, 9.17) is 4.74 Å². The number of nitrogens with one attached hydrogen (secondary N) is 2. The summed E-state index contributed by atoms with van der Waals surface area (Å²) in [5.74, 6) is -0.553. The highest BCUT2D eigenvalue weighted by molar-refractivity contribution is 5.94. The molecule has 0 bridgehead atoms. The summed E-state index contributed by atoms with van der Waals surface area (Å²) < 4.78 is 9.72. The summed E-state index contributed by atoms with van der Waals surface area (Å²) in [6.07, 6.45) is 1.55. The number of hydrogen-bond acceptors (Lipinski definition) is 6. The molecule has 0 atom stereocenters. The first kappa shape index (κ1) is 21.6. The quantitative estimate of drug-likeness (QED) is 0.384. The average molecular weight is 397 g/mol. The van der Waals surface area contributed by atoms with Gasteiger partial charge in [0.1, 0.15) is 5.75 Å². The third-order valence-corrected chi connectivity index (χ3v) is 3.87. The number of hydrazone groups is 1. The summed E-state index contributed by atoms with van der Waals surface area (Å²) in [5, 5.41) is 6.64. The topological polar surface area (TPSA) is 106 Å². The minimum Gasteiger partial charge on any atom is -0.482 e. The maximum absolute atomic E-state index is 11.9. The van der Waals surface area contributed by atoms with Crippen molar-refractivity contribution < 1.29 is 23.9 Å². The van der Waals surface area contributed by atoms with Crippen molar-refractivity contribution in [2.75, 3.05) is 19.0 Å². The van der Waals surface area contributed by atoms with Crippen LogP contribution in [0.2, 0.25) is 0 Å². The smallest absolute Gasteiger partial charge is 0.343 e. The van der Waals surface area contributed by atoms with Gasteiger partial charge in [0.2, 0.25) is 11.8 Å². The molecule has 2 aromatic carbocycles. The average Bonchev–Trinajstić information content (AvgIpc) is 2.73. The highest BCUT2D eigenvalue weighted by atomic mass is 16.6. The van der Waals surface area contributed by atoms with Crippen LogP contribution in [0.4, 0.5) is 5.69 Å². The normalized spacial score (nSPS) is 10.4. The van der Waals surface area contributed by atoms with Gasteiger partial charge in [-0.3, -0.25) is 9.59 Å². The van der Waals surface area contributed by atoms with Crippen molar-refractivity contribution in [2.45, 2.75) is 19.8 Å². The van der Waals surface area contributed by atoms with Crippen LogP contribution in [0.15, 0.2) is 53.6 Å². The third-order valence-electron chi connectivity index (χ3n) is 3.87. The lowest BCUT2D eigenvalue weighted by molar-refractivity contribution is -0.142. The van der Waals surface area contributed by atoms with Crippen molar-refractivity contribution in [3.63, 3.8) is 0 Å². The van der Waals surface area contributed by atoms with Gasteiger partial charge in [-0.1, -0.05) is 18.2 Å². The minimum atomic E-state index is -0.467. The van der Waals surface area contributed by atoms with Crippen molar-refractivity contribution >= 4 is 29.7 Å². The van der Waals surface area contributed by atoms with Crippen LogP contribution in [0.25, 0.3) is 0 Å². The van der Waals surface area contributed by atoms with E-state index in [9.17, 15) is 14.4 Å². The Morgan fingerprint density at radius 1 is 1.00 bits per heavy atom. The van der Waals surface area contributed by atoms with Gasteiger partial charge in [-0.2, -0.15) is 5.10 Å². The number of anilines is 1. The second-order valence-corrected chi connectivity index (χ2v) is 6.09. The van der Waals surface area contributed by atoms with Gasteiger partial charge in [-0.05, 0) is 48.4 Å². The van der Waals surface area contributed by atoms with Gasteiger partial charge in [0, 0.05) is 18.5 Å². The Morgan fingerprint density at radius 2 is 1.69 bits per heavy atom. The van der Waals surface area contributed by atoms with Crippen LogP contribution in [0, 0.1) is 6.92 Å². The molecule has 0 saturated carbocycles. The molecule has 0 spiro atoms. The van der Waals surface area contributed by atoms with Crippen molar-refractivity contribution in [2.24, 2.45) is 5.10 Å². The van der Waals surface area contributed by atoms with Crippen LogP contribution in [-0.4, -0.2) is 37.7 Å². The molecule has 2 N–H and O–H groups in total. The molecule has 8 heteroatoms. The number of carbonyl (C=O) groups excluding carboxylic acids is 3. The number of methoxy groups -OCH3 is 1. The van der Waals surface area contributed by atoms with E-state index in [1.54, 1.807) is 24.3 Å². The zero-order valence-electron chi connectivity index (χ0n) is 16.3. The molecule has 0 aliphatic carbocycles. The predicted molar refractivity (Wildman–Crippen MR) is 109 cm³/mol. The highest BCUT2D eigenvalue weighted by Crippen LogP contribution is 2.13. The zero-order valence-corrected chi connectivity index (χ0v) is 16.3. The highest BCUT2D eigenvalue weighted by Gasteiger charge is 2.08. The predicted octanol–water partition coefficient (Wildman–Crippen LogP) is 2.42. The summed E-state index contributed by atoms with van der Waals surface area (Å²) >= 11 is 0. The molecule has 0 unspecified atom stereocenters. The number of nitrogens with zero attached hydrogens (tertiary/aromatic N) is 1. The Bertz CT molecular complexity index is 878. The molecule has 0 radical (unpaired) electrons. The van der Waals surface area contributed by atoms with Gasteiger partial charge < -0.3 is 14.8 Å². The van der Waals surface area contributed by atoms with Gasteiger partial charge in [0.25, 0.3) is 0 Å². The fourth-order valence-electron chi connectivity index (χ4n) is 2.24. The van der Waals surface area contributed by atoms with Gasteiger partial charge in [0.05, 0.1) is 13.3 Å². The van der Waals surface area contributed by atoms with Crippen molar-refractivity contribution in [3.8, 4) is 5.75 Å². The molecule has 29 heavy (non-hydrogen) atoms. The van der Waals surface area contributed by atoms with E-state index in [0.717, 1.165) is 16.8 Å². The lowest BCUT2D eigenvalue weighted by atomic mass is 10.2. The Balaban J connectivity index is 1.71. The Labute approximate surface area is 168 Å². The lowest BCUT2D eigenvalue weighted by Gasteiger charge is -2.07. The molecule has 0 heterocycles. The van der Waals surface area contributed by atoms with Crippen molar-refractivity contribution in [3.05, 3.63) is 59.7 Å². The van der Waals surface area contributed by atoms with Crippen LogP contribution in [0.1, 0.15) is 24.0 Å². The number of para-hydroxylation sites is 1. The molecular weight excluding hydrogens is 374 g/mol. The van der Waals surface area contributed by atoms with Gasteiger partial charge in [0.15, 0.2) is 6.61 Å². The zero-order chi connectivity index (χ0) is 21.1. The molecule has 0 saturated heterocycles. The van der Waals surface area contributed by atoms with Gasteiger partial charge in [-0.15, -0.1) is 0 Å². The first-order valence-corrected chi connectivity index (χ1v) is 8.95. The largest absolute Gasteiger partial charge is 0.482 e. The minimum absolute atomic E-state index is 0.0232. The SMILES string of the molecule is COC(=O)COc1ccc(C=NNC(=O)CCC(=O)Nc2ccccc2C)cc1. The van der Waals surface area contributed by atoms with Crippen molar-refractivity contribution in [1.82, 2.24) is 5.43 Å². The second kappa shape index (κ2) is 11.2. The summed E-state index contributed by atoms with van der Waals surface area (Å²) in [7, 11) is 1.29. The van der Waals surface area contributed by atoms with Crippen LogP contribution in [0.3, 0.4) is 0 Å². The fraction of sp³-hybridized carbons (Fsp3) is 0.238. The maximum atomic E-state index is 11.9. The standard InChI is InChI=1S/C21H23N3O5/c1-15-5-3-4-6-18(15)23-19(25)11-12-20(26)24-22-13-16-7-9-17(10-8-16)29-14-21(27)28-2/h3-10,13H,11-12,14H2,1-2H3,(H,23,25)(H,24,26). The van der Waals surface area contributed by atoms with Crippen LogP contribution >= 0.6 is 0 Å². The van der Waals surface area contributed by atoms with Gasteiger partial charge >= 0.3 is 5.97 Å². The summed E-state index contributed by atoms with van der Waals surface area (Å²) in [5.41, 5.74) is 4.80. The first-order chi connectivity index (χ1) is 14.0. The number of esters is 1. The monoisotopic (exact) mass is 397 g/mol. The molecule has 0 aromatic heterocycles. The summed E-state index contributed by atoms with van der Waals surface area (Å²) in [6.45, 7) is 1.73. The number of carbonyl (C=O) groups is 3. The number of benzene rings is 2. The van der Waals surface area contributed by atoms with E-state index in [0.29, 0.717) is 5.75 Å². The molecule has 152 valence electrons. The van der Waals surface area contributed by atoms with E-state index in [-0.39, 0.29) is 31.3 Å². The fourth-order valence-corrected chi connectivity index (χ4v) is 2.24. The van der Waals surface area contributed by atoms with Crippen LogP contribution < -0.4 is 15.5 Å². The van der Waals surface area contributed by atoms with E-state index < -0.39 is 5.97 Å². The van der Waals surface area contributed by atoms with E-state index in [1.807, 2.05) is 31.2 Å². The summed E-state index contributed by atoms with van der Waals surface area (Å²) in [6, 6.07) is 14.2. The van der Waals surface area contributed by atoms with Crippen molar-refractivity contribution in [1.29, 1.82) is 0 Å². The van der Waals surface area contributed by atoms with E-state index in [1.165, 1.54) is 13.3 Å². The van der Waals surface area contributed by atoms with Crippen LogP contribution in [-0.2, 0) is 19.1 Å². The first-order valence-electron chi connectivity index (χ1n) is 8.95. The molecule has 0 fully saturated rings. The number of ether oxygens (including phenoxy) is 2. The number of aryl methyl sites for hydroxylation is 1. The van der Waals surface area contributed by atoms with E-state index >= 15 is 0 Å². The Hall–Kier alpha value is -3.68. The molecule has 0 aliphatic heterocycles. The number of amides is 2. The van der Waals surface area contributed by atoms with Gasteiger partial charge in [-0.25, -0.2) is 10.2 Å². The number of rotatable bonds is 9. The molecule has 0 aliphatic rings. The lowest BCUT2D eigenvalue weighted by Crippen LogP contribution is -2.20. The Kier molecular flexibility index (Phi) is 8.37. The third kappa shape index (κ3) is 7.84. The van der Waals surface area contributed by atoms with E-state index in [2.05, 4.69) is 20.6 Å². The second-order valence-electron chi connectivity index (χ2n) is 6.09. The molecule has 2 aromatic rings. The molecule has 2 amide bonds. The molecule has 2 rings (SSSR count). The van der Waals surface area contributed by atoms with Crippen LogP contribution in [0.5, 0.6) is 5.75 Å². The molecule has 8 nitrogen and oxygen atoms in total. The molecular formula is C21H23N3O5. The summed E-state index contributed by atoms with van der Waals surface area (Å²) in [4.78, 5) is 34.8. The Morgan fingerprint density at radius 3 is 2.38 bits per heavy atom.